The lowest BCUT2D eigenvalue weighted by Gasteiger charge is -2.27. The van der Waals surface area contributed by atoms with Crippen LogP contribution in [-0.4, -0.2) is 56.1 Å². The Labute approximate surface area is 204 Å². The third-order valence-corrected chi connectivity index (χ3v) is 7.35. The van der Waals surface area contributed by atoms with E-state index in [1.807, 2.05) is 6.07 Å². The van der Waals surface area contributed by atoms with Crippen LogP contribution >= 0.6 is 11.6 Å². The lowest BCUT2D eigenvalue weighted by atomic mass is 10.0. The molecular formula is C26H27ClN4O3. The number of hydrogen-bond donors (Lipinski definition) is 0. The average molecular weight is 479 g/mol. The van der Waals surface area contributed by atoms with Crippen LogP contribution in [0.15, 0.2) is 36.4 Å². The normalized spacial score (nSPS) is 22.7. The average Bonchev–Trinajstić information content (AvgIpc) is 3.39. The zero-order valence-electron chi connectivity index (χ0n) is 19.2. The number of benzene rings is 2. The Kier molecular flexibility index (Phi) is 6.30. The Morgan fingerprint density at radius 1 is 1.21 bits per heavy atom. The second kappa shape index (κ2) is 9.38. The van der Waals surface area contributed by atoms with Gasteiger partial charge in [-0.25, -0.2) is 0 Å². The van der Waals surface area contributed by atoms with Gasteiger partial charge in [-0.15, -0.1) is 0 Å². The fourth-order valence-corrected chi connectivity index (χ4v) is 5.36. The number of carbonyl (C=O) groups is 2. The van der Waals surface area contributed by atoms with Crippen LogP contribution in [0.5, 0.6) is 0 Å². The van der Waals surface area contributed by atoms with E-state index in [-0.39, 0.29) is 24.2 Å². The molecule has 3 aliphatic rings. The molecule has 0 radical (unpaired) electrons. The van der Waals surface area contributed by atoms with Crippen molar-refractivity contribution >= 4 is 34.8 Å². The maximum Gasteiger partial charge on any atom is 0.232 e. The largest absolute Gasteiger partial charge is 0.379 e. The highest BCUT2D eigenvalue weighted by atomic mass is 35.5. The molecule has 7 nitrogen and oxygen atoms in total. The molecule has 3 heterocycles. The second-order valence-corrected chi connectivity index (χ2v) is 9.72. The minimum Gasteiger partial charge on any atom is -0.379 e. The third kappa shape index (κ3) is 4.29. The fraction of sp³-hybridized carbons (Fsp3) is 0.423. The molecule has 2 amide bonds. The number of halogens is 1. The first kappa shape index (κ1) is 22.9. The topological polar surface area (TPSA) is 76.9 Å². The number of hydrogen-bond acceptors (Lipinski definition) is 5. The predicted molar refractivity (Wildman–Crippen MR) is 130 cm³/mol. The molecule has 0 aliphatic carbocycles. The van der Waals surface area contributed by atoms with Gasteiger partial charge in [0.05, 0.1) is 30.8 Å². The van der Waals surface area contributed by atoms with Crippen molar-refractivity contribution in [1.82, 2.24) is 4.90 Å². The van der Waals surface area contributed by atoms with Gasteiger partial charge < -0.3 is 14.5 Å². The fourth-order valence-electron chi connectivity index (χ4n) is 5.14. The summed E-state index contributed by atoms with van der Waals surface area (Å²) in [6, 6.07) is 13.1. The van der Waals surface area contributed by atoms with E-state index in [9.17, 15) is 14.9 Å². The smallest absolute Gasteiger partial charge is 0.232 e. The predicted octanol–water partition coefficient (Wildman–Crippen LogP) is 3.55. The highest BCUT2D eigenvalue weighted by molar-refractivity contribution is 6.31. The van der Waals surface area contributed by atoms with Gasteiger partial charge in [-0.05, 0) is 35.4 Å². The summed E-state index contributed by atoms with van der Waals surface area (Å²) in [7, 11) is 0. The Bertz CT molecular complexity index is 1170. The van der Waals surface area contributed by atoms with Crippen LogP contribution in [0, 0.1) is 17.2 Å². The number of rotatable bonds is 4. The van der Waals surface area contributed by atoms with Crippen LogP contribution in [0.3, 0.4) is 0 Å². The molecule has 0 spiro atoms. The number of carbonyl (C=O) groups excluding carboxylic acids is 2. The molecule has 0 N–H and O–H groups in total. The van der Waals surface area contributed by atoms with Crippen molar-refractivity contribution in [3.63, 3.8) is 0 Å². The molecule has 5 rings (SSSR count). The number of amides is 2. The first-order chi connectivity index (χ1) is 16.4. The van der Waals surface area contributed by atoms with Crippen LogP contribution in [0.4, 0.5) is 11.4 Å². The lowest BCUT2D eigenvalue weighted by molar-refractivity contribution is -0.124. The molecule has 34 heavy (non-hydrogen) atoms. The van der Waals surface area contributed by atoms with Crippen LogP contribution in [0.1, 0.15) is 36.0 Å². The van der Waals surface area contributed by atoms with E-state index < -0.39 is 5.92 Å². The van der Waals surface area contributed by atoms with Crippen molar-refractivity contribution in [2.75, 3.05) is 49.2 Å². The second-order valence-electron chi connectivity index (χ2n) is 9.31. The SMILES string of the molecule is CC1CN(C(=O)C2CC(=O)N(c3cccc(C#N)c3)C2)c2cc(Cl)c(CN3CCOCC3)cc21. The Morgan fingerprint density at radius 3 is 2.76 bits per heavy atom. The molecule has 2 aromatic carbocycles. The van der Waals surface area contributed by atoms with Gasteiger partial charge >= 0.3 is 0 Å². The van der Waals surface area contributed by atoms with Crippen molar-refractivity contribution in [3.8, 4) is 6.07 Å². The summed E-state index contributed by atoms with van der Waals surface area (Å²) in [6.45, 7) is 7.03. The van der Waals surface area contributed by atoms with Gasteiger partial charge in [0, 0.05) is 61.5 Å². The van der Waals surface area contributed by atoms with Gasteiger partial charge in [0.1, 0.15) is 0 Å². The quantitative estimate of drug-likeness (QED) is 0.671. The zero-order valence-corrected chi connectivity index (χ0v) is 19.9. The van der Waals surface area contributed by atoms with Crippen LogP contribution in [-0.2, 0) is 20.9 Å². The standard InChI is InChI=1S/C26H27ClN4O3/c1-17-14-31(24-12-23(27)19(10-22(17)24)15-29-5-7-34-8-6-29)26(33)20-11-25(32)30(16-20)21-4-2-3-18(9-21)13-28/h2-4,9-10,12,17,20H,5-8,11,14-16H2,1H3. The van der Waals surface area contributed by atoms with Crippen LogP contribution < -0.4 is 9.80 Å². The molecule has 2 fully saturated rings. The maximum atomic E-state index is 13.5. The van der Waals surface area contributed by atoms with Gasteiger partial charge in [0.15, 0.2) is 0 Å². The van der Waals surface area contributed by atoms with E-state index in [1.54, 1.807) is 34.1 Å². The first-order valence-electron chi connectivity index (χ1n) is 11.7. The summed E-state index contributed by atoms with van der Waals surface area (Å²) in [6.07, 6.45) is 0.165. The number of nitriles is 1. The van der Waals surface area contributed by atoms with E-state index in [0.29, 0.717) is 29.4 Å². The third-order valence-electron chi connectivity index (χ3n) is 7.00. The highest BCUT2D eigenvalue weighted by Gasteiger charge is 2.40. The van der Waals surface area contributed by atoms with Crippen molar-refractivity contribution in [3.05, 3.63) is 58.1 Å². The first-order valence-corrected chi connectivity index (χ1v) is 12.1. The Balaban J connectivity index is 1.34. The van der Waals surface area contributed by atoms with Crippen molar-refractivity contribution < 1.29 is 14.3 Å². The Morgan fingerprint density at radius 2 is 2.00 bits per heavy atom. The molecule has 0 aromatic heterocycles. The van der Waals surface area contributed by atoms with Crippen LogP contribution in [0.2, 0.25) is 5.02 Å². The summed E-state index contributed by atoms with van der Waals surface area (Å²) in [5, 5.41) is 9.83. The molecule has 3 aliphatic heterocycles. The van der Waals surface area contributed by atoms with Gasteiger partial charge in [0.2, 0.25) is 11.8 Å². The van der Waals surface area contributed by atoms with Gasteiger partial charge in [-0.3, -0.25) is 14.5 Å². The Hall–Kier alpha value is -2.92. The van der Waals surface area contributed by atoms with E-state index in [1.165, 1.54) is 0 Å². The molecular weight excluding hydrogens is 452 g/mol. The van der Waals surface area contributed by atoms with Crippen molar-refractivity contribution in [1.29, 1.82) is 5.26 Å². The molecule has 0 bridgehead atoms. The van der Waals surface area contributed by atoms with Crippen molar-refractivity contribution in [2.24, 2.45) is 5.92 Å². The summed E-state index contributed by atoms with van der Waals surface area (Å²) >= 11 is 6.67. The molecule has 176 valence electrons. The number of nitrogens with zero attached hydrogens (tertiary/aromatic N) is 4. The van der Waals surface area contributed by atoms with Gasteiger partial charge in [-0.1, -0.05) is 30.7 Å². The maximum absolute atomic E-state index is 13.5. The van der Waals surface area contributed by atoms with Crippen molar-refractivity contribution in [2.45, 2.75) is 25.8 Å². The molecule has 8 heteroatoms. The molecule has 2 atom stereocenters. The molecule has 2 aromatic rings. The summed E-state index contributed by atoms with van der Waals surface area (Å²) < 4.78 is 5.44. The van der Waals surface area contributed by atoms with E-state index in [2.05, 4.69) is 24.0 Å². The number of ether oxygens (including phenoxy) is 1. The number of morpholine rings is 1. The summed E-state index contributed by atoms with van der Waals surface area (Å²) in [4.78, 5) is 32.0. The summed E-state index contributed by atoms with van der Waals surface area (Å²) in [5.41, 5.74) is 4.20. The minimum atomic E-state index is -0.428. The number of anilines is 2. The zero-order chi connectivity index (χ0) is 23.8. The van der Waals surface area contributed by atoms with E-state index >= 15 is 0 Å². The minimum absolute atomic E-state index is 0.0464. The molecule has 0 saturated carbocycles. The number of fused-ring (bicyclic) bond motifs is 1. The van der Waals surface area contributed by atoms with Gasteiger partial charge in [-0.2, -0.15) is 5.26 Å². The van der Waals surface area contributed by atoms with Gasteiger partial charge in [0.25, 0.3) is 0 Å². The van der Waals surface area contributed by atoms with E-state index in [0.717, 1.165) is 49.7 Å². The summed E-state index contributed by atoms with van der Waals surface area (Å²) in [5.74, 6) is -0.377. The van der Waals surface area contributed by atoms with Crippen LogP contribution in [0.25, 0.3) is 0 Å². The monoisotopic (exact) mass is 478 g/mol. The lowest BCUT2D eigenvalue weighted by Crippen LogP contribution is -2.37. The van der Waals surface area contributed by atoms with E-state index in [4.69, 9.17) is 16.3 Å². The molecule has 2 saturated heterocycles. The molecule has 2 unspecified atom stereocenters. The highest BCUT2D eigenvalue weighted by Crippen LogP contribution is 2.41.